The lowest BCUT2D eigenvalue weighted by Crippen LogP contribution is -2.61. The first kappa shape index (κ1) is 45.4. The van der Waals surface area contributed by atoms with E-state index in [4.69, 9.17) is 4.74 Å². The molecule has 0 aromatic heterocycles. The second-order valence-electron chi connectivity index (χ2n) is 16.9. The molecule has 1 unspecified atom stereocenters. The first-order valence-electron chi connectivity index (χ1n) is 20.2. The topological polar surface area (TPSA) is 149 Å². The number of rotatable bonds is 18. The van der Waals surface area contributed by atoms with Gasteiger partial charge in [-0.2, -0.15) is 0 Å². The Morgan fingerprint density at radius 2 is 1.35 bits per heavy atom. The molecule has 3 rings (SSSR count). The zero-order valence-corrected chi connectivity index (χ0v) is 35.2. The summed E-state index contributed by atoms with van der Waals surface area (Å²) in [7, 11) is 5.25. The van der Waals surface area contributed by atoms with Crippen LogP contribution in [0.3, 0.4) is 0 Å². The minimum absolute atomic E-state index is 0.0147. The van der Waals surface area contributed by atoms with E-state index in [1.54, 1.807) is 11.9 Å². The summed E-state index contributed by atoms with van der Waals surface area (Å²) in [5.41, 5.74) is 1.11. The minimum Gasteiger partial charge on any atom is -0.460 e. The highest BCUT2D eigenvalue weighted by molar-refractivity contribution is 5.96. The Kier molecular flexibility index (Phi) is 17.2. The average molecular weight is 769 g/mol. The molecule has 2 fully saturated rings. The summed E-state index contributed by atoms with van der Waals surface area (Å²) < 4.78 is 5.93. The third-order valence-corrected chi connectivity index (χ3v) is 10.9. The Morgan fingerprint density at radius 3 is 1.89 bits per heavy atom. The van der Waals surface area contributed by atoms with Gasteiger partial charge in [-0.1, -0.05) is 85.7 Å². The van der Waals surface area contributed by atoms with Crippen LogP contribution in [-0.2, 0) is 39.9 Å². The predicted octanol–water partition coefficient (Wildman–Crippen LogP) is 3.50. The van der Waals surface area contributed by atoms with Gasteiger partial charge >= 0.3 is 5.97 Å². The van der Waals surface area contributed by atoms with E-state index in [2.05, 4.69) is 10.6 Å². The number of nitrogens with one attached hydrogen (secondary N) is 2. The molecule has 6 atom stereocenters. The van der Waals surface area contributed by atoms with E-state index in [1.165, 1.54) is 9.80 Å². The molecular formula is C42H68N6O7. The van der Waals surface area contributed by atoms with Crippen molar-refractivity contribution in [2.45, 2.75) is 130 Å². The van der Waals surface area contributed by atoms with Crippen molar-refractivity contribution in [3.05, 3.63) is 35.9 Å². The molecule has 0 aliphatic carbocycles. The molecule has 0 bridgehead atoms. The Labute approximate surface area is 329 Å². The summed E-state index contributed by atoms with van der Waals surface area (Å²) >= 11 is 0. The third kappa shape index (κ3) is 12.0. The first-order valence-corrected chi connectivity index (χ1v) is 20.2. The van der Waals surface area contributed by atoms with Crippen LogP contribution in [0.15, 0.2) is 30.3 Å². The zero-order valence-electron chi connectivity index (χ0n) is 35.2. The SMILES string of the molecule is CC(C)C(CC(=O)NCCc1ccccc1)OC(=O)[C@@H]1CCCN1C(=O)[C@@H]1CCCN1C(=O)[C@H](C(C)C)N(C)C(=O)[C@@H](NC(=O)[C@H](C(C)C)N(C)C)C(C)C. The molecule has 2 N–H and O–H groups in total. The number of carbonyl (C=O) groups excluding carboxylic acids is 6. The summed E-state index contributed by atoms with van der Waals surface area (Å²) in [5, 5.41) is 5.89. The van der Waals surface area contributed by atoms with Crippen molar-refractivity contribution < 1.29 is 33.5 Å². The maximum atomic E-state index is 14.4. The fourth-order valence-corrected chi connectivity index (χ4v) is 7.95. The first-order chi connectivity index (χ1) is 25.9. The van der Waals surface area contributed by atoms with Crippen LogP contribution in [0.25, 0.3) is 0 Å². The summed E-state index contributed by atoms with van der Waals surface area (Å²) in [6, 6.07) is 6.10. The van der Waals surface area contributed by atoms with Crippen LogP contribution in [0.4, 0.5) is 0 Å². The van der Waals surface area contributed by atoms with Crippen molar-refractivity contribution in [3.8, 4) is 0 Å². The lowest BCUT2D eigenvalue weighted by atomic mass is 9.96. The van der Waals surface area contributed by atoms with Gasteiger partial charge < -0.3 is 30.1 Å². The van der Waals surface area contributed by atoms with Crippen molar-refractivity contribution in [1.29, 1.82) is 0 Å². The second-order valence-corrected chi connectivity index (χ2v) is 16.9. The maximum absolute atomic E-state index is 14.4. The minimum atomic E-state index is -0.876. The smallest absolute Gasteiger partial charge is 0.329 e. The van der Waals surface area contributed by atoms with Gasteiger partial charge in [-0.25, -0.2) is 4.79 Å². The van der Waals surface area contributed by atoms with Crippen LogP contribution < -0.4 is 10.6 Å². The lowest BCUT2D eigenvalue weighted by molar-refractivity contribution is -0.162. The van der Waals surface area contributed by atoms with Crippen molar-refractivity contribution in [3.63, 3.8) is 0 Å². The van der Waals surface area contributed by atoms with E-state index in [9.17, 15) is 28.8 Å². The van der Waals surface area contributed by atoms with Gasteiger partial charge in [-0.15, -0.1) is 0 Å². The third-order valence-electron chi connectivity index (χ3n) is 10.9. The van der Waals surface area contributed by atoms with E-state index >= 15 is 0 Å². The second kappa shape index (κ2) is 20.8. The predicted molar refractivity (Wildman–Crippen MR) is 212 cm³/mol. The molecule has 13 heteroatoms. The molecule has 1 aromatic rings. The van der Waals surface area contributed by atoms with Crippen LogP contribution in [0, 0.1) is 23.7 Å². The Hall–Kier alpha value is -4.00. The fourth-order valence-electron chi connectivity index (χ4n) is 7.95. The highest BCUT2D eigenvalue weighted by Gasteiger charge is 2.46. The molecule has 0 saturated carbocycles. The maximum Gasteiger partial charge on any atom is 0.329 e. The number of hydrogen-bond acceptors (Lipinski definition) is 8. The van der Waals surface area contributed by atoms with E-state index in [1.807, 2.05) is 105 Å². The number of likely N-dealkylation sites (tertiary alicyclic amines) is 2. The highest BCUT2D eigenvalue weighted by atomic mass is 16.5. The zero-order chi connectivity index (χ0) is 41.1. The number of hydrogen-bond donors (Lipinski definition) is 2. The Morgan fingerprint density at radius 1 is 0.764 bits per heavy atom. The van der Waals surface area contributed by atoms with Crippen LogP contribution in [0.2, 0.25) is 0 Å². The number of nitrogens with zero attached hydrogens (tertiary/aromatic N) is 4. The molecule has 55 heavy (non-hydrogen) atoms. The van der Waals surface area contributed by atoms with Gasteiger partial charge in [0.25, 0.3) is 0 Å². The lowest BCUT2D eigenvalue weighted by Gasteiger charge is -2.38. The number of esters is 1. The van der Waals surface area contributed by atoms with Crippen molar-refractivity contribution >= 4 is 35.5 Å². The van der Waals surface area contributed by atoms with E-state index in [0.717, 1.165) is 5.56 Å². The van der Waals surface area contributed by atoms with Gasteiger partial charge in [0.1, 0.15) is 30.3 Å². The van der Waals surface area contributed by atoms with Gasteiger partial charge in [0.15, 0.2) is 0 Å². The molecule has 2 saturated heterocycles. The van der Waals surface area contributed by atoms with Crippen LogP contribution >= 0.6 is 0 Å². The number of amides is 5. The van der Waals surface area contributed by atoms with Gasteiger partial charge in [-0.3, -0.25) is 28.9 Å². The number of likely N-dealkylation sites (N-methyl/N-ethyl adjacent to an activating group) is 2. The molecule has 1 aromatic carbocycles. The average Bonchev–Trinajstić information content (AvgIpc) is 3.81. The molecule has 2 aliphatic rings. The van der Waals surface area contributed by atoms with E-state index < -0.39 is 42.3 Å². The molecular weight excluding hydrogens is 700 g/mol. The molecule has 308 valence electrons. The van der Waals surface area contributed by atoms with Crippen molar-refractivity contribution in [2.75, 3.05) is 40.8 Å². The summed E-state index contributed by atoms with van der Waals surface area (Å²) in [5.74, 6) is -2.65. The standard InChI is InChI=1S/C42H68N6O7/c1-26(2)33(25-34(49)43-22-21-30-17-13-12-14-18-30)55-42(54)32-20-16-24-48(32)39(51)31-19-15-23-47(31)41(53)37(29(7)8)46(11)40(52)35(27(3)4)44-38(50)36(28(5)6)45(9)10/h12-14,17-18,26-29,31-33,35-37H,15-16,19-25H2,1-11H3,(H,43,49)(H,44,50)/t31-,32-,33?,35-,36-,37-/m0/s1. The van der Waals surface area contributed by atoms with Gasteiger partial charge in [0, 0.05) is 26.7 Å². The van der Waals surface area contributed by atoms with Gasteiger partial charge in [0.05, 0.1) is 12.5 Å². The van der Waals surface area contributed by atoms with Crippen molar-refractivity contribution in [1.82, 2.24) is 30.2 Å². The molecule has 0 radical (unpaired) electrons. The van der Waals surface area contributed by atoms with Crippen LogP contribution in [-0.4, -0.2) is 132 Å². The van der Waals surface area contributed by atoms with E-state index in [0.29, 0.717) is 51.7 Å². The quantitative estimate of drug-likeness (QED) is 0.216. The number of carbonyl (C=O) groups is 6. The molecule has 13 nitrogen and oxygen atoms in total. The Balaban J connectivity index is 1.70. The number of benzene rings is 1. The van der Waals surface area contributed by atoms with Crippen LogP contribution in [0.1, 0.15) is 93.1 Å². The Bertz CT molecular complexity index is 1460. The number of ether oxygens (including phenoxy) is 1. The van der Waals surface area contributed by atoms with Crippen molar-refractivity contribution in [2.24, 2.45) is 23.7 Å². The monoisotopic (exact) mass is 769 g/mol. The fraction of sp³-hybridized carbons (Fsp3) is 0.714. The normalized spacial score (nSPS) is 19.5. The van der Waals surface area contributed by atoms with Gasteiger partial charge in [-0.05, 0) is 75.4 Å². The molecule has 0 spiro atoms. The van der Waals surface area contributed by atoms with E-state index in [-0.39, 0.29) is 59.6 Å². The summed E-state index contributed by atoms with van der Waals surface area (Å²) in [6.07, 6.45) is 2.13. The largest absolute Gasteiger partial charge is 0.460 e. The summed E-state index contributed by atoms with van der Waals surface area (Å²) in [4.78, 5) is 88.9. The summed E-state index contributed by atoms with van der Waals surface area (Å²) in [6.45, 7) is 16.3. The molecule has 5 amide bonds. The highest BCUT2D eigenvalue weighted by Crippen LogP contribution is 2.29. The molecule has 2 aliphatic heterocycles. The van der Waals surface area contributed by atoms with Crippen LogP contribution in [0.5, 0.6) is 0 Å². The molecule has 2 heterocycles. The van der Waals surface area contributed by atoms with Gasteiger partial charge in [0.2, 0.25) is 29.5 Å².